The Labute approximate surface area is 364 Å². The summed E-state index contributed by atoms with van der Waals surface area (Å²) in [6.45, 7) is 5.61. The molecule has 7 aromatic carbocycles. The molecule has 1 aliphatic rings. The third-order valence-electron chi connectivity index (χ3n) is 11.9. The molecule has 1 fully saturated rings. The monoisotopic (exact) mass is 847 g/mol. The van der Waals surface area contributed by atoms with Crippen molar-refractivity contribution >= 4 is 37.5 Å². The van der Waals surface area contributed by atoms with Crippen LogP contribution >= 0.6 is 0 Å². The third-order valence-corrected chi connectivity index (χ3v) is 13.4. The molecule has 0 spiro atoms. The zero-order chi connectivity index (χ0) is 43.2. The molecule has 318 valence electrons. The first-order valence-corrected chi connectivity index (χ1v) is 22.6. The summed E-state index contributed by atoms with van der Waals surface area (Å²) in [5, 5.41) is 17.6. The average Bonchev–Trinajstić information content (AvgIpc) is 3.29. The average molecular weight is 848 g/mol. The Morgan fingerprint density at radius 2 is 1.32 bits per heavy atom. The molecule has 8 rings (SSSR count). The number of hydrogen-bond acceptors (Lipinski definition) is 7. The van der Waals surface area contributed by atoms with Crippen molar-refractivity contribution in [3.63, 3.8) is 0 Å². The van der Waals surface area contributed by atoms with E-state index in [0.29, 0.717) is 6.54 Å². The van der Waals surface area contributed by atoms with Crippen molar-refractivity contribution in [2.24, 2.45) is 5.92 Å². The number of sulfonamides is 1. The Balaban J connectivity index is 0.990. The maximum atomic E-state index is 13.7. The van der Waals surface area contributed by atoms with Gasteiger partial charge in [0.05, 0.1) is 23.7 Å². The second-order valence-corrected chi connectivity index (χ2v) is 18.2. The zero-order valence-corrected chi connectivity index (χ0v) is 36.1. The molecule has 1 heterocycles. The molecule has 5 atom stereocenters. The first kappa shape index (κ1) is 42.9. The molecule has 62 heavy (non-hydrogen) atoms. The Morgan fingerprint density at radius 3 is 1.97 bits per heavy atom. The van der Waals surface area contributed by atoms with Gasteiger partial charge < -0.3 is 19.9 Å². The lowest BCUT2D eigenvalue weighted by Crippen LogP contribution is -2.47. The van der Waals surface area contributed by atoms with Gasteiger partial charge in [0.15, 0.2) is 6.29 Å². The zero-order valence-electron chi connectivity index (χ0n) is 35.3. The van der Waals surface area contributed by atoms with Crippen molar-refractivity contribution in [2.45, 2.75) is 69.4 Å². The molecule has 0 radical (unpaired) electrons. The van der Waals surface area contributed by atoms with Crippen molar-refractivity contribution in [2.75, 3.05) is 13.6 Å². The second-order valence-electron chi connectivity index (χ2n) is 16.5. The van der Waals surface area contributed by atoms with Gasteiger partial charge in [-0.3, -0.25) is 9.69 Å². The summed E-state index contributed by atoms with van der Waals surface area (Å²) in [6, 6.07) is 49.9. The van der Waals surface area contributed by atoms with Crippen molar-refractivity contribution < 1.29 is 27.8 Å². The van der Waals surface area contributed by atoms with Gasteiger partial charge in [0.2, 0.25) is 15.9 Å². The van der Waals surface area contributed by atoms with Crippen LogP contribution in [0.15, 0.2) is 163 Å². The predicted octanol–water partition coefficient (Wildman–Crippen LogP) is 8.92. The fourth-order valence-electron chi connectivity index (χ4n) is 8.36. The van der Waals surface area contributed by atoms with Crippen molar-refractivity contribution in [3.05, 3.63) is 197 Å². The predicted molar refractivity (Wildman–Crippen MR) is 244 cm³/mol. The van der Waals surface area contributed by atoms with Gasteiger partial charge in [-0.05, 0) is 88.0 Å². The fourth-order valence-corrected chi connectivity index (χ4v) is 9.56. The molecule has 0 bridgehead atoms. The van der Waals surface area contributed by atoms with Crippen LogP contribution in [0.2, 0.25) is 0 Å². The number of amides is 1. The maximum absolute atomic E-state index is 13.7. The highest BCUT2D eigenvalue weighted by Gasteiger charge is 2.39. The number of ether oxygens (including phenoxy) is 2. The largest absolute Gasteiger partial charge is 0.392 e. The van der Waals surface area contributed by atoms with Crippen LogP contribution in [0, 0.1) is 12.8 Å². The van der Waals surface area contributed by atoms with E-state index in [-0.39, 0.29) is 42.6 Å². The number of aryl methyl sites for hydroxylation is 1. The summed E-state index contributed by atoms with van der Waals surface area (Å²) >= 11 is 0. The smallest absolute Gasteiger partial charge is 0.241 e. The lowest BCUT2D eigenvalue weighted by atomic mass is 9.89. The van der Waals surface area contributed by atoms with Gasteiger partial charge in [-0.1, -0.05) is 152 Å². The van der Waals surface area contributed by atoms with Crippen LogP contribution in [0.1, 0.15) is 58.3 Å². The van der Waals surface area contributed by atoms with Gasteiger partial charge in [0.25, 0.3) is 0 Å². The summed E-state index contributed by atoms with van der Waals surface area (Å²) in [6.07, 6.45) is -0.945. The normalized spacial score (nSPS) is 18.5. The van der Waals surface area contributed by atoms with Crippen molar-refractivity contribution in [3.8, 4) is 0 Å². The number of aliphatic hydroxyl groups excluding tert-OH is 1. The van der Waals surface area contributed by atoms with Gasteiger partial charge in [0.1, 0.15) is 6.04 Å². The Kier molecular flexibility index (Phi) is 13.2. The lowest BCUT2D eigenvalue weighted by molar-refractivity contribution is -0.276. The standard InChI is InChI=1S/C52H53N3O6S/c1-35-17-27-44(28-18-35)62(58,59)54-48(29-37-11-5-4-6-12-37)51(57)53-31-38-19-25-41(26-20-38)52-60-49(36(2)50(61-52)40-23-21-39(34-56)22-24-40)33-55(3)32-47-45-15-9-7-13-42(45)30-43-14-8-10-16-46(43)47/h4-28,30,36,48-50,52,54,56H,29,31-34H2,1-3H3,(H,53,57)/t36-,48+,49+,50+,52?/m0/s1. The van der Waals surface area contributed by atoms with E-state index in [9.17, 15) is 18.3 Å². The van der Waals surface area contributed by atoms with Crippen LogP contribution in [-0.2, 0) is 50.4 Å². The van der Waals surface area contributed by atoms with Crippen LogP contribution < -0.4 is 10.0 Å². The SMILES string of the molecule is Cc1ccc(S(=O)(=O)N[C@H](Cc2ccccc2)C(=O)NCc2ccc(C3O[C@H](CN(C)Cc4c5ccccc5cc5ccccc45)[C@H](C)[C@H](c4ccc(CO)cc4)O3)cc2)cc1. The number of nitrogens with one attached hydrogen (secondary N) is 2. The maximum Gasteiger partial charge on any atom is 0.241 e. The van der Waals surface area contributed by atoms with E-state index in [4.69, 9.17) is 9.47 Å². The minimum atomic E-state index is -3.97. The molecule has 0 saturated carbocycles. The van der Waals surface area contributed by atoms with Crippen LogP contribution in [0.5, 0.6) is 0 Å². The van der Waals surface area contributed by atoms with Gasteiger partial charge in [-0.25, -0.2) is 8.42 Å². The van der Waals surface area contributed by atoms with Gasteiger partial charge in [0, 0.05) is 31.1 Å². The summed E-state index contributed by atoms with van der Waals surface area (Å²) in [5.74, 6) is -0.431. The van der Waals surface area contributed by atoms with Gasteiger partial charge in [-0.2, -0.15) is 4.72 Å². The number of fused-ring (bicyclic) bond motifs is 2. The molecule has 7 aromatic rings. The Hall–Kier alpha value is -5.72. The highest BCUT2D eigenvalue weighted by Crippen LogP contribution is 2.42. The molecule has 1 amide bonds. The number of carbonyl (C=O) groups is 1. The van der Waals surface area contributed by atoms with Crippen LogP contribution in [0.3, 0.4) is 0 Å². The van der Waals surface area contributed by atoms with Crippen molar-refractivity contribution in [1.82, 2.24) is 14.9 Å². The van der Waals surface area contributed by atoms with E-state index < -0.39 is 28.3 Å². The highest BCUT2D eigenvalue weighted by molar-refractivity contribution is 7.89. The number of rotatable bonds is 15. The Bertz CT molecular complexity index is 2670. The molecular formula is C52H53N3O6S. The molecule has 0 aromatic heterocycles. The number of benzene rings is 7. The minimum Gasteiger partial charge on any atom is -0.392 e. The fraction of sp³-hybridized carbons (Fsp3) is 0.250. The van der Waals surface area contributed by atoms with Gasteiger partial charge >= 0.3 is 0 Å². The summed E-state index contributed by atoms with van der Waals surface area (Å²) in [4.78, 5) is 16.1. The van der Waals surface area contributed by atoms with Crippen molar-refractivity contribution in [1.29, 1.82) is 0 Å². The van der Waals surface area contributed by atoms with Crippen LogP contribution in [-0.4, -0.2) is 50.1 Å². The second kappa shape index (κ2) is 19.1. The van der Waals surface area contributed by atoms with E-state index in [2.05, 4.69) is 83.5 Å². The molecule has 1 aliphatic heterocycles. The molecular weight excluding hydrogens is 795 g/mol. The van der Waals surface area contributed by atoms with E-state index in [0.717, 1.165) is 39.9 Å². The first-order valence-electron chi connectivity index (χ1n) is 21.1. The van der Waals surface area contributed by atoms with Crippen LogP contribution in [0.25, 0.3) is 21.5 Å². The number of aliphatic hydroxyl groups is 1. The number of likely N-dealkylation sites (N-methyl/N-ethyl adjacent to an activating group) is 1. The summed E-state index contributed by atoms with van der Waals surface area (Å²) < 4.78 is 43.1. The van der Waals surface area contributed by atoms with Crippen LogP contribution in [0.4, 0.5) is 0 Å². The minimum absolute atomic E-state index is 0.000290. The van der Waals surface area contributed by atoms with E-state index in [1.165, 1.54) is 27.1 Å². The summed E-state index contributed by atoms with van der Waals surface area (Å²) in [7, 11) is -1.83. The van der Waals surface area contributed by atoms with E-state index in [1.807, 2.05) is 85.8 Å². The molecule has 9 nitrogen and oxygen atoms in total. The van der Waals surface area contributed by atoms with Gasteiger partial charge in [-0.15, -0.1) is 0 Å². The van der Waals surface area contributed by atoms with E-state index >= 15 is 0 Å². The lowest BCUT2D eigenvalue weighted by Gasteiger charge is -2.42. The number of nitrogens with zero attached hydrogens (tertiary/aromatic N) is 1. The topological polar surface area (TPSA) is 117 Å². The third kappa shape index (κ3) is 9.98. The molecule has 10 heteroatoms. The Morgan fingerprint density at radius 1 is 0.726 bits per heavy atom. The number of carbonyl (C=O) groups excluding carboxylic acids is 1. The first-order chi connectivity index (χ1) is 30.0. The molecule has 3 N–H and O–H groups in total. The number of hydrogen-bond donors (Lipinski definition) is 3. The quantitative estimate of drug-likeness (QED) is 0.0883. The molecule has 0 aliphatic carbocycles. The summed E-state index contributed by atoms with van der Waals surface area (Å²) in [5.41, 5.74) is 6.57. The molecule has 1 saturated heterocycles. The molecule has 1 unspecified atom stereocenters. The highest BCUT2D eigenvalue weighted by atomic mass is 32.2. The van der Waals surface area contributed by atoms with E-state index in [1.54, 1.807) is 24.3 Å².